The van der Waals surface area contributed by atoms with E-state index in [1.165, 1.54) is 25.2 Å². The lowest BCUT2D eigenvalue weighted by molar-refractivity contribution is -0.116. The highest BCUT2D eigenvalue weighted by atomic mass is 32.2. The number of halogens is 1. The number of hydrogen-bond acceptors (Lipinski definition) is 3. The standard InChI is InChI=1S/C17H19FN2O3S/c1-12-3-7-14(11-16(12)18)20-17(21)10-6-13-4-8-15(9-5-13)24(22,23)19-2/h3-5,7-9,11,19H,6,10H2,1-2H3,(H,20,21). The number of sulfonamides is 1. The summed E-state index contributed by atoms with van der Waals surface area (Å²) < 4.78 is 38.9. The van der Waals surface area contributed by atoms with Crippen molar-refractivity contribution < 1.29 is 17.6 Å². The first-order valence-corrected chi connectivity index (χ1v) is 8.88. The zero-order chi connectivity index (χ0) is 17.7. The Bertz CT molecular complexity index is 833. The number of carbonyl (C=O) groups is 1. The summed E-state index contributed by atoms with van der Waals surface area (Å²) in [5, 5.41) is 2.64. The smallest absolute Gasteiger partial charge is 0.240 e. The summed E-state index contributed by atoms with van der Waals surface area (Å²) in [7, 11) is -2.11. The topological polar surface area (TPSA) is 75.3 Å². The fourth-order valence-electron chi connectivity index (χ4n) is 2.11. The largest absolute Gasteiger partial charge is 0.326 e. The molecule has 0 aliphatic heterocycles. The highest BCUT2D eigenvalue weighted by Crippen LogP contribution is 2.15. The van der Waals surface area contributed by atoms with E-state index in [0.717, 1.165) is 5.56 Å². The molecule has 0 aromatic heterocycles. The molecule has 0 aliphatic carbocycles. The molecule has 0 saturated heterocycles. The second kappa shape index (κ2) is 7.55. The van der Waals surface area contributed by atoms with Gasteiger partial charge < -0.3 is 5.32 Å². The van der Waals surface area contributed by atoms with Crippen LogP contribution >= 0.6 is 0 Å². The minimum Gasteiger partial charge on any atom is -0.326 e. The molecule has 0 atom stereocenters. The van der Waals surface area contributed by atoms with Crippen molar-refractivity contribution in [3.63, 3.8) is 0 Å². The van der Waals surface area contributed by atoms with Crippen molar-refractivity contribution >= 4 is 21.6 Å². The second-order valence-corrected chi connectivity index (χ2v) is 7.25. The molecule has 24 heavy (non-hydrogen) atoms. The van der Waals surface area contributed by atoms with Gasteiger partial charge in [-0.3, -0.25) is 4.79 Å². The van der Waals surface area contributed by atoms with Crippen LogP contribution in [-0.4, -0.2) is 21.4 Å². The van der Waals surface area contributed by atoms with Crippen LogP contribution in [0.1, 0.15) is 17.5 Å². The third kappa shape index (κ3) is 4.62. The van der Waals surface area contributed by atoms with Crippen molar-refractivity contribution in [2.24, 2.45) is 0 Å². The van der Waals surface area contributed by atoms with E-state index >= 15 is 0 Å². The molecule has 128 valence electrons. The minimum atomic E-state index is -3.46. The molecule has 2 N–H and O–H groups in total. The van der Waals surface area contributed by atoms with Gasteiger partial charge in [-0.1, -0.05) is 18.2 Å². The number of amides is 1. The van der Waals surface area contributed by atoms with E-state index in [1.54, 1.807) is 31.2 Å². The first-order valence-electron chi connectivity index (χ1n) is 7.40. The minimum absolute atomic E-state index is 0.174. The quantitative estimate of drug-likeness (QED) is 0.841. The number of anilines is 1. The predicted octanol–water partition coefficient (Wildman–Crippen LogP) is 2.61. The zero-order valence-corrected chi connectivity index (χ0v) is 14.3. The molecule has 2 aromatic carbocycles. The van der Waals surface area contributed by atoms with Crippen LogP contribution in [0.2, 0.25) is 0 Å². The van der Waals surface area contributed by atoms with Crippen molar-refractivity contribution in [3.05, 3.63) is 59.4 Å². The van der Waals surface area contributed by atoms with Gasteiger partial charge in [0.2, 0.25) is 15.9 Å². The van der Waals surface area contributed by atoms with Crippen molar-refractivity contribution in [2.75, 3.05) is 12.4 Å². The van der Waals surface area contributed by atoms with Crippen molar-refractivity contribution in [1.82, 2.24) is 4.72 Å². The number of rotatable bonds is 6. The van der Waals surface area contributed by atoms with Crippen LogP contribution < -0.4 is 10.0 Å². The first-order chi connectivity index (χ1) is 11.3. The van der Waals surface area contributed by atoms with Gasteiger partial charge >= 0.3 is 0 Å². The fourth-order valence-corrected chi connectivity index (χ4v) is 2.84. The van der Waals surface area contributed by atoms with Crippen molar-refractivity contribution in [3.8, 4) is 0 Å². The molecule has 0 radical (unpaired) electrons. The monoisotopic (exact) mass is 350 g/mol. The van der Waals surface area contributed by atoms with Gasteiger partial charge in [0, 0.05) is 12.1 Å². The lowest BCUT2D eigenvalue weighted by Gasteiger charge is -2.07. The first kappa shape index (κ1) is 18.1. The molecular formula is C17H19FN2O3S. The Kier molecular flexibility index (Phi) is 5.69. The SMILES string of the molecule is CNS(=O)(=O)c1ccc(CCC(=O)Nc2ccc(C)c(F)c2)cc1. The third-order valence-electron chi connectivity index (χ3n) is 3.60. The van der Waals surface area contributed by atoms with E-state index in [1.807, 2.05) is 0 Å². The second-order valence-electron chi connectivity index (χ2n) is 5.36. The maximum Gasteiger partial charge on any atom is 0.240 e. The highest BCUT2D eigenvalue weighted by Gasteiger charge is 2.11. The highest BCUT2D eigenvalue weighted by molar-refractivity contribution is 7.89. The molecule has 5 nitrogen and oxygen atoms in total. The van der Waals surface area contributed by atoms with E-state index in [9.17, 15) is 17.6 Å². The molecule has 0 heterocycles. The molecule has 0 unspecified atom stereocenters. The lowest BCUT2D eigenvalue weighted by Crippen LogP contribution is -2.18. The molecule has 2 rings (SSSR count). The van der Waals surface area contributed by atoms with Crippen LogP contribution in [-0.2, 0) is 21.2 Å². The van der Waals surface area contributed by atoms with Crippen LogP contribution in [0.3, 0.4) is 0 Å². The van der Waals surface area contributed by atoms with Crippen LogP contribution in [0.4, 0.5) is 10.1 Å². The zero-order valence-electron chi connectivity index (χ0n) is 13.5. The maximum absolute atomic E-state index is 13.4. The Hall–Kier alpha value is -2.25. The normalized spacial score (nSPS) is 11.3. The number of hydrogen-bond donors (Lipinski definition) is 2. The molecule has 2 aromatic rings. The average Bonchev–Trinajstić information content (AvgIpc) is 2.57. The number of aryl methyl sites for hydroxylation is 2. The molecule has 0 saturated carbocycles. The van der Waals surface area contributed by atoms with E-state index in [0.29, 0.717) is 17.7 Å². The van der Waals surface area contributed by atoms with E-state index in [-0.39, 0.29) is 23.0 Å². The molecule has 0 spiro atoms. The van der Waals surface area contributed by atoms with Gasteiger partial charge in [0.25, 0.3) is 0 Å². The van der Waals surface area contributed by atoms with Gasteiger partial charge in [0.15, 0.2) is 0 Å². The Labute approximate surface area is 141 Å². The van der Waals surface area contributed by atoms with Crippen molar-refractivity contribution in [2.45, 2.75) is 24.7 Å². The van der Waals surface area contributed by atoms with Crippen LogP contribution in [0, 0.1) is 12.7 Å². The Balaban J connectivity index is 1.93. The van der Waals surface area contributed by atoms with E-state index in [4.69, 9.17) is 0 Å². The average molecular weight is 350 g/mol. The van der Waals surface area contributed by atoms with Gasteiger partial charge in [-0.25, -0.2) is 17.5 Å². The van der Waals surface area contributed by atoms with Gasteiger partial charge in [-0.05, 0) is 55.8 Å². The summed E-state index contributed by atoms with van der Waals surface area (Å²) in [5.74, 6) is -0.598. The molecule has 7 heteroatoms. The molecule has 1 amide bonds. The van der Waals surface area contributed by atoms with E-state index < -0.39 is 10.0 Å². The van der Waals surface area contributed by atoms with Gasteiger partial charge in [-0.2, -0.15) is 0 Å². The number of benzene rings is 2. The summed E-state index contributed by atoms with van der Waals surface area (Å²) >= 11 is 0. The van der Waals surface area contributed by atoms with Crippen molar-refractivity contribution in [1.29, 1.82) is 0 Å². The Morgan fingerprint density at radius 1 is 1.12 bits per heavy atom. The maximum atomic E-state index is 13.4. The van der Waals surface area contributed by atoms with Crippen LogP contribution in [0.5, 0.6) is 0 Å². The van der Waals surface area contributed by atoms with E-state index in [2.05, 4.69) is 10.0 Å². The summed E-state index contributed by atoms with van der Waals surface area (Å²) in [6, 6.07) is 10.9. The summed E-state index contributed by atoms with van der Waals surface area (Å²) in [6.45, 7) is 1.65. The number of carbonyl (C=O) groups excluding carboxylic acids is 1. The Morgan fingerprint density at radius 2 is 1.79 bits per heavy atom. The lowest BCUT2D eigenvalue weighted by atomic mass is 10.1. The number of nitrogens with one attached hydrogen (secondary N) is 2. The van der Waals surface area contributed by atoms with Gasteiger partial charge in [0.05, 0.1) is 4.90 Å². The predicted molar refractivity (Wildman–Crippen MR) is 90.8 cm³/mol. The molecule has 0 aliphatic rings. The van der Waals surface area contributed by atoms with Gasteiger partial charge in [0.1, 0.15) is 5.82 Å². The third-order valence-corrected chi connectivity index (χ3v) is 5.03. The van der Waals surface area contributed by atoms with Gasteiger partial charge in [-0.15, -0.1) is 0 Å². The fraction of sp³-hybridized carbons (Fsp3) is 0.235. The Morgan fingerprint density at radius 3 is 2.38 bits per heavy atom. The summed E-state index contributed by atoms with van der Waals surface area (Å²) in [5.41, 5.74) is 1.78. The molecule has 0 bridgehead atoms. The molecule has 0 fully saturated rings. The summed E-state index contributed by atoms with van der Waals surface area (Å²) in [4.78, 5) is 12.1. The van der Waals surface area contributed by atoms with Crippen LogP contribution in [0.25, 0.3) is 0 Å². The van der Waals surface area contributed by atoms with Crippen LogP contribution in [0.15, 0.2) is 47.4 Å². The molecular weight excluding hydrogens is 331 g/mol. The summed E-state index contributed by atoms with van der Waals surface area (Å²) in [6.07, 6.45) is 0.674.